The zero-order chi connectivity index (χ0) is 12.4. The number of hydrogen-bond donors (Lipinski definition) is 1. The molecule has 0 saturated heterocycles. The Morgan fingerprint density at radius 1 is 1.35 bits per heavy atom. The number of amides is 1. The van der Waals surface area contributed by atoms with Crippen molar-refractivity contribution in [1.29, 1.82) is 0 Å². The van der Waals surface area contributed by atoms with Crippen LogP contribution in [-0.2, 0) is 0 Å². The molecule has 1 aliphatic carbocycles. The number of carbonyl (C=O) groups excluding carboxylic acids is 1. The molecule has 1 saturated carbocycles. The van der Waals surface area contributed by atoms with Crippen molar-refractivity contribution in [2.24, 2.45) is 0 Å². The Labute approximate surface area is 97.7 Å². The number of halogens is 2. The van der Waals surface area contributed by atoms with Gasteiger partial charge in [0.1, 0.15) is 17.2 Å². The van der Waals surface area contributed by atoms with E-state index in [1.54, 1.807) is 0 Å². The monoisotopic (exact) mass is 241 g/mol. The molecular weight excluding hydrogens is 228 g/mol. The number of nitrogens with zero attached hydrogens (tertiary/aromatic N) is 1. The first-order valence-electron chi connectivity index (χ1n) is 5.51. The van der Waals surface area contributed by atoms with Crippen LogP contribution >= 0.6 is 0 Å². The van der Waals surface area contributed by atoms with Crippen molar-refractivity contribution >= 4 is 5.91 Å². The van der Waals surface area contributed by atoms with Gasteiger partial charge in [0.15, 0.2) is 0 Å². The summed E-state index contributed by atoms with van der Waals surface area (Å²) in [6.45, 7) is -0.102. The first kappa shape index (κ1) is 12.0. The van der Waals surface area contributed by atoms with Crippen molar-refractivity contribution in [2.45, 2.75) is 18.9 Å². The summed E-state index contributed by atoms with van der Waals surface area (Å²) < 4.78 is 26.9. The molecule has 5 heteroatoms. The van der Waals surface area contributed by atoms with Crippen molar-refractivity contribution in [1.82, 2.24) is 4.90 Å². The van der Waals surface area contributed by atoms with Gasteiger partial charge in [-0.05, 0) is 25.0 Å². The predicted molar refractivity (Wildman–Crippen MR) is 57.5 cm³/mol. The van der Waals surface area contributed by atoms with E-state index in [0.29, 0.717) is 0 Å². The van der Waals surface area contributed by atoms with Gasteiger partial charge < -0.3 is 10.0 Å². The number of rotatable bonds is 4. The van der Waals surface area contributed by atoms with Crippen molar-refractivity contribution in [2.75, 3.05) is 13.2 Å². The van der Waals surface area contributed by atoms with E-state index < -0.39 is 23.1 Å². The highest BCUT2D eigenvalue weighted by molar-refractivity contribution is 5.95. The molecule has 0 aliphatic heterocycles. The molecule has 1 N–H and O–H groups in total. The summed E-state index contributed by atoms with van der Waals surface area (Å²) in [5.74, 6) is -2.41. The van der Waals surface area contributed by atoms with Crippen molar-refractivity contribution in [3.05, 3.63) is 35.4 Å². The summed E-state index contributed by atoms with van der Waals surface area (Å²) in [7, 11) is 0. The molecule has 0 heterocycles. The van der Waals surface area contributed by atoms with Crippen LogP contribution in [0.4, 0.5) is 8.78 Å². The fraction of sp³-hybridized carbons (Fsp3) is 0.417. The van der Waals surface area contributed by atoms with Crippen LogP contribution in [0.15, 0.2) is 18.2 Å². The minimum absolute atomic E-state index is 0.00801. The molecule has 3 nitrogen and oxygen atoms in total. The van der Waals surface area contributed by atoms with Crippen LogP contribution in [0, 0.1) is 11.6 Å². The Kier molecular flexibility index (Phi) is 3.38. The third-order valence-electron chi connectivity index (χ3n) is 2.77. The van der Waals surface area contributed by atoms with Gasteiger partial charge in [0.05, 0.1) is 6.61 Å². The number of aliphatic hydroxyl groups is 1. The second-order valence-electron chi connectivity index (χ2n) is 4.05. The molecule has 1 aliphatic rings. The van der Waals surface area contributed by atoms with Crippen molar-refractivity contribution in [3.63, 3.8) is 0 Å². The molecule has 0 spiro atoms. The Morgan fingerprint density at radius 2 is 1.94 bits per heavy atom. The first-order valence-corrected chi connectivity index (χ1v) is 5.51. The van der Waals surface area contributed by atoms with Crippen LogP contribution in [0.25, 0.3) is 0 Å². The Morgan fingerprint density at radius 3 is 2.41 bits per heavy atom. The second kappa shape index (κ2) is 4.79. The highest BCUT2D eigenvalue weighted by atomic mass is 19.1. The number of aliphatic hydroxyl groups excluding tert-OH is 1. The van der Waals surface area contributed by atoms with E-state index in [9.17, 15) is 13.6 Å². The van der Waals surface area contributed by atoms with Gasteiger partial charge in [-0.2, -0.15) is 0 Å². The Bertz CT molecular complexity index is 412. The van der Waals surface area contributed by atoms with Crippen LogP contribution in [0.5, 0.6) is 0 Å². The van der Waals surface area contributed by atoms with E-state index in [2.05, 4.69) is 0 Å². The molecule has 0 unspecified atom stereocenters. The van der Waals surface area contributed by atoms with Crippen LogP contribution < -0.4 is 0 Å². The zero-order valence-electron chi connectivity index (χ0n) is 9.20. The van der Waals surface area contributed by atoms with E-state index in [4.69, 9.17) is 5.11 Å². The predicted octanol–water partition coefficient (Wildman–Crippen LogP) is 1.56. The summed E-state index contributed by atoms with van der Waals surface area (Å²) in [5.41, 5.74) is -0.534. The number of hydrogen-bond acceptors (Lipinski definition) is 2. The third-order valence-corrected chi connectivity index (χ3v) is 2.77. The van der Waals surface area contributed by atoms with Gasteiger partial charge in [-0.1, -0.05) is 6.07 Å². The van der Waals surface area contributed by atoms with Crippen LogP contribution in [0.3, 0.4) is 0 Å². The molecular formula is C12H13F2NO2. The van der Waals surface area contributed by atoms with Gasteiger partial charge in [0, 0.05) is 12.6 Å². The molecule has 92 valence electrons. The van der Waals surface area contributed by atoms with Gasteiger partial charge >= 0.3 is 0 Å². The van der Waals surface area contributed by atoms with Crippen molar-refractivity contribution in [3.8, 4) is 0 Å². The quantitative estimate of drug-likeness (QED) is 0.869. The largest absolute Gasteiger partial charge is 0.395 e. The molecule has 0 bridgehead atoms. The van der Waals surface area contributed by atoms with Gasteiger partial charge in [-0.15, -0.1) is 0 Å². The van der Waals surface area contributed by atoms with Crippen LogP contribution in [0.1, 0.15) is 23.2 Å². The Hall–Kier alpha value is -1.49. The molecule has 0 aromatic heterocycles. The van der Waals surface area contributed by atoms with Crippen LogP contribution in [-0.4, -0.2) is 35.1 Å². The molecule has 1 aromatic rings. The lowest BCUT2D eigenvalue weighted by molar-refractivity contribution is 0.0698. The molecule has 2 rings (SSSR count). The summed E-state index contributed by atoms with van der Waals surface area (Å²) in [5, 5.41) is 8.87. The molecule has 17 heavy (non-hydrogen) atoms. The van der Waals surface area contributed by atoms with Crippen LogP contribution in [0.2, 0.25) is 0 Å². The topological polar surface area (TPSA) is 40.5 Å². The van der Waals surface area contributed by atoms with E-state index in [0.717, 1.165) is 25.0 Å². The summed E-state index contributed by atoms with van der Waals surface area (Å²) in [6, 6.07) is 3.34. The lowest BCUT2D eigenvalue weighted by Gasteiger charge is -2.21. The van der Waals surface area contributed by atoms with Gasteiger partial charge in [0.25, 0.3) is 5.91 Å². The SMILES string of the molecule is O=C(c1c(F)cccc1F)N(CCO)C1CC1. The fourth-order valence-electron chi connectivity index (χ4n) is 1.79. The lowest BCUT2D eigenvalue weighted by atomic mass is 10.1. The molecule has 1 amide bonds. The third kappa shape index (κ3) is 2.44. The van der Waals surface area contributed by atoms with Gasteiger partial charge in [-0.3, -0.25) is 4.79 Å². The van der Waals surface area contributed by atoms with Gasteiger partial charge in [0.2, 0.25) is 0 Å². The summed E-state index contributed by atoms with van der Waals surface area (Å²) in [6.07, 6.45) is 1.64. The normalized spacial score (nSPS) is 14.8. The maximum absolute atomic E-state index is 13.4. The molecule has 1 fully saturated rings. The number of benzene rings is 1. The summed E-state index contributed by atoms with van der Waals surface area (Å²) >= 11 is 0. The van der Waals surface area contributed by atoms with E-state index >= 15 is 0 Å². The maximum atomic E-state index is 13.4. The van der Waals surface area contributed by atoms with E-state index in [-0.39, 0.29) is 19.2 Å². The highest BCUT2D eigenvalue weighted by Crippen LogP contribution is 2.28. The zero-order valence-corrected chi connectivity index (χ0v) is 9.20. The standard InChI is InChI=1S/C12H13F2NO2/c13-9-2-1-3-10(14)11(9)12(17)15(6-7-16)8-4-5-8/h1-3,8,16H,4-7H2. The number of carbonyl (C=O) groups is 1. The highest BCUT2D eigenvalue weighted by Gasteiger charge is 2.34. The lowest BCUT2D eigenvalue weighted by Crippen LogP contribution is -2.36. The maximum Gasteiger partial charge on any atom is 0.260 e. The second-order valence-corrected chi connectivity index (χ2v) is 4.05. The molecule has 1 aromatic carbocycles. The van der Waals surface area contributed by atoms with E-state index in [1.165, 1.54) is 11.0 Å². The van der Waals surface area contributed by atoms with E-state index in [1.807, 2.05) is 0 Å². The summed E-state index contributed by atoms with van der Waals surface area (Å²) in [4.78, 5) is 13.3. The first-order chi connectivity index (χ1) is 8.15. The Balaban J connectivity index is 2.28. The smallest absolute Gasteiger partial charge is 0.260 e. The van der Waals surface area contributed by atoms with Crippen molar-refractivity contribution < 1.29 is 18.7 Å². The molecule has 0 radical (unpaired) electrons. The average Bonchev–Trinajstić information content (AvgIpc) is 3.09. The average molecular weight is 241 g/mol. The van der Waals surface area contributed by atoms with Gasteiger partial charge in [-0.25, -0.2) is 8.78 Å². The fourth-order valence-corrected chi connectivity index (χ4v) is 1.79. The minimum Gasteiger partial charge on any atom is -0.395 e. The minimum atomic E-state index is -0.862. The molecule has 0 atom stereocenters.